The van der Waals surface area contributed by atoms with Crippen molar-refractivity contribution in [1.29, 1.82) is 0 Å². The van der Waals surface area contributed by atoms with Gasteiger partial charge in [0, 0.05) is 19.6 Å². The largest absolute Gasteiger partial charge is 0.319 e. The lowest BCUT2D eigenvalue weighted by Crippen LogP contribution is -2.41. The van der Waals surface area contributed by atoms with Crippen molar-refractivity contribution in [2.75, 3.05) is 33.7 Å². The first-order valence-electron chi connectivity index (χ1n) is 7.43. The number of nitrogens with one attached hydrogen (secondary N) is 1. The predicted molar refractivity (Wildman–Crippen MR) is 76.4 cm³/mol. The first-order valence-corrected chi connectivity index (χ1v) is 7.43. The van der Waals surface area contributed by atoms with Crippen LogP contribution in [0.4, 0.5) is 0 Å². The van der Waals surface area contributed by atoms with Crippen LogP contribution in [0.1, 0.15) is 52.4 Å². The standard InChI is InChI=1S/C15H32N2/c1-5-10-15(2,12-16-3)13-17(4)11-14-8-6-7-9-14/h14,16H,5-13H2,1-4H3. The Hall–Kier alpha value is -0.0800. The number of nitrogens with zero attached hydrogens (tertiary/aromatic N) is 1. The third-order valence-electron chi connectivity index (χ3n) is 4.15. The van der Waals surface area contributed by atoms with E-state index in [2.05, 4.69) is 38.2 Å². The van der Waals surface area contributed by atoms with Crippen molar-refractivity contribution in [3.8, 4) is 0 Å². The quantitative estimate of drug-likeness (QED) is 0.701. The van der Waals surface area contributed by atoms with Crippen LogP contribution in [-0.4, -0.2) is 38.6 Å². The predicted octanol–water partition coefficient (Wildman–Crippen LogP) is 3.13. The van der Waals surface area contributed by atoms with Crippen molar-refractivity contribution < 1.29 is 0 Å². The minimum atomic E-state index is 0.441. The molecule has 0 bridgehead atoms. The molecule has 0 heterocycles. The van der Waals surface area contributed by atoms with Crippen LogP contribution in [0.25, 0.3) is 0 Å². The van der Waals surface area contributed by atoms with Gasteiger partial charge in [-0.1, -0.05) is 33.1 Å². The van der Waals surface area contributed by atoms with Gasteiger partial charge in [0.2, 0.25) is 0 Å². The van der Waals surface area contributed by atoms with Crippen molar-refractivity contribution in [1.82, 2.24) is 10.2 Å². The zero-order valence-electron chi connectivity index (χ0n) is 12.4. The molecule has 0 spiro atoms. The van der Waals surface area contributed by atoms with E-state index in [1.165, 1.54) is 51.6 Å². The van der Waals surface area contributed by atoms with Gasteiger partial charge >= 0.3 is 0 Å². The van der Waals surface area contributed by atoms with Gasteiger partial charge in [0.1, 0.15) is 0 Å². The molecule has 0 saturated heterocycles. The summed E-state index contributed by atoms with van der Waals surface area (Å²) in [4.78, 5) is 2.57. The smallest absolute Gasteiger partial charge is 0.00445 e. The van der Waals surface area contributed by atoms with E-state index in [9.17, 15) is 0 Å². The fourth-order valence-corrected chi connectivity index (χ4v) is 3.60. The van der Waals surface area contributed by atoms with E-state index in [-0.39, 0.29) is 0 Å². The van der Waals surface area contributed by atoms with Gasteiger partial charge in [-0.15, -0.1) is 0 Å². The molecule has 1 atom stereocenters. The van der Waals surface area contributed by atoms with Crippen LogP contribution in [0.3, 0.4) is 0 Å². The molecule has 102 valence electrons. The van der Waals surface area contributed by atoms with Crippen LogP contribution in [0.5, 0.6) is 0 Å². The molecule has 2 heteroatoms. The van der Waals surface area contributed by atoms with Crippen molar-refractivity contribution in [3.63, 3.8) is 0 Å². The summed E-state index contributed by atoms with van der Waals surface area (Å²) >= 11 is 0. The molecule has 0 amide bonds. The second kappa shape index (κ2) is 7.38. The summed E-state index contributed by atoms with van der Waals surface area (Å²) in [7, 11) is 4.38. The highest BCUT2D eigenvalue weighted by atomic mass is 15.1. The minimum absolute atomic E-state index is 0.441. The topological polar surface area (TPSA) is 15.3 Å². The van der Waals surface area contributed by atoms with Gasteiger partial charge < -0.3 is 10.2 Å². The molecule has 17 heavy (non-hydrogen) atoms. The van der Waals surface area contributed by atoms with Crippen molar-refractivity contribution in [2.24, 2.45) is 11.3 Å². The van der Waals surface area contributed by atoms with Crippen LogP contribution >= 0.6 is 0 Å². The van der Waals surface area contributed by atoms with Gasteiger partial charge in [-0.05, 0) is 44.7 Å². The summed E-state index contributed by atoms with van der Waals surface area (Å²) in [5.41, 5.74) is 0.441. The van der Waals surface area contributed by atoms with Crippen molar-refractivity contribution >= 4 is 0 Å². The van der Waals surface area contributed by atoms with Crippen LogP contribution in [-0.2, 0) is 0 Å². The Morgan fingerprint density at radius 2 is 1.94 bits per heavy atom. The number of rotatable bonds is 8. The molecule has 1 saturated carbocycles. The fraction of sp³-hybridized carbons (Fsp3) is 1.00. The maximum atomic E-state index is 3.37. The molecule has 0 radical (unpaired) electrons. The first kappa shape index (κ1) is 15.0. The highest BCUT2D eigenvalue weighted by Gasteiger charge is 2.26. The highest BCUT2D eigenvalue weighted by molar-refractivity contribution is 4.80. The monoisotopic (exact) mass is 240 g/mol. The summed E-state index contributed by atoms with van der Waals surface area (Å²) in [6.07, 6.45) is 8.45. The van der Waals surface area contributed by atoms with Crippen LogP contribution in [0, 0.1) is 11.3 Å². The molecular formula is C15H32N2. The molecule has 1 unspecified atom stereocenters. The Bertz CT molecular complexity index is 191. The summed E-state index contributed by atoms with van der Waals surface area (Å²) in [5, 5.41) is 3.37. The average Bonchev–Trinajstić information content (AvgIpc) is 2.70. The second-order valence-corrected chi connectivity index (χ2v) is 6.44. The molecule has 1 aliphatic carbocycles. The van der Waals surface area contributed by atoms with Gasteiger partial charge in [-0.2, -0.15) is 0 Å². The minimum Gasteiger partial charge on any atom is -0.319 e. The van der Waals surface area contributed by atoms with Crippen molar-refractivity contribution in [3.05, 3.63) is 0 Å². The second-order valence-electron chi connectivity index (χ2n) is 6.44. The van der Waals surface area contributed by atoms with Crippen molar-refractivity contribution in [2.45, 2.75) is 52.4 Å². The maximum absolute atomic E-state index is 3.37. The Labute approximate surface area is 108 Å². The van der Waals surface area contributed by atoms with E-state index < -0.39 is 0 Å². The first-order chi connectivity index (χ1) is 8.09. The Morgan fingerprint density at radius 3 is 2.47 bits per heavy atom. The fourth-order valence-electron chi connectivity index (χ4n) is 3.60. The van der Waals surface area contributed by atoms with E-state index in [4.69, 9.17) is 0 Å². The molecule has 1 rings (SSSR count). The lowest BCUT2D eigenvalue weighted by atomic mass is 9.84. The maximum Gasteiger partial charge on any atom is 0.00445 e. The average molecular weight is 240 g/mol. The van der Waals surface area contributed by atoms with E-state index in [1.807, 2.05) is 0 Å². The molecule has 1 fully saturated rings. The van der Waals surface area contributed by atoms with Crippen LogP contribution in [0.2, 0.25) is 0 Å². The molecule has 1 aliphatic rings. The van der Waals surface area contributed by atoms with Gasteiger partial charge in [0.05, 0.1) is 0 Å². The lowest BCUT2D eigenvalue weighted by Gasteiger charge is -2.34. The third kappa shape index (κ3) is 5.39. The zero-order valence-corrected chi connectivity index (χ0v) is 12.4. The molecule has 0 aromatic rings. The van der Waals surface area contributed by atoms with E-state index >= 15 is 0 Å². The Balaban J connectivity index is 2.36. The molecule has 0 aromatic heterocycles. The highest BCUT2D eigenvalue weighted by Crippen LogP contribution is 2.28. The van der Waals surface area contributed by atoms with Crippen LogP contribution < -0.4 is 5.32 Å². The van der Waals surface area contributed by atoms with Crippen LogP contribution in [0.15, 0.2) is 0 Å². The van der Waals surface area contributed by atoms with E-state index in [0.29, 0.717) is 5.41 Å². The SMILES string of the molecule is CCCC(C)(CNC)CN(C)CC1CCCC1. The van der Waals surface area contributed by atoms with Gasteiger partial charge in [0.25, 0.3) is 0 Å². The normalized spacial score (nSPS) is 21.0. The summed E-state index contributed by atoms with van der Waals surface area (Å²) in [5.74, 6) is 0.973. The third-order valence-corrected chi connectivity index (χ3v) is 4.15. The summed E-state index contributed by atoms with van der Waals surface area (Å²) in [6.45, 7) is 8.40. The van der Waals surface area contributed by atoms with Gasteiger partial charge in [0.15, 0.2) is 0 Å². The molecule has 1 N–H and O–H groups in total. The molecule has 0 aromatic carbocycles. The summed E-state index contributed by atoms with van der Waals surface area (Å²) < 4.78 is 0. The molecule has 0 aliphatic heterocycles. The lowest BCUT2D eigenvalue weighted by molar-refractivity contribution is 0.159. The summed E-state index contributed by atoms with van der Waals surface area (Å²) in [6, 6.07) is 0. The van der Waals surface area contributed by atoms with Gasteiger partial charge in [-0.3, -0.25) is 0 Å². The number of hydrogen-bond acceptors (Lipinski definition) is 2. The Morgan fingerprint density at radius 1 is 1.29 bits per heavy atom. The van der Waals surface area contributed by atoms with E-state index in [1.54, 1.807) is 0 Å². The van der Waals surface area contributed by atoms with Gasteiger partial charge in [-0.25, -0.2) is 0 Å². The van der Waals surface area contributed by atoms with E-state index in [0.717, 1.165) is 12.5 Å². The zero-order chi connectivity index (χ0) is 12.7. The molecule has 2 nitrogen and oxygen atoms in total. The molecular weight excluding hydrogens is 208 g/mol. The Kier molecular flexibility index (Phi) is 6.50. The number of hydrogen-bond donors (Lipinski definition) is 1.